The van der Waals surface area contributed by atoms with Crippen molar-refractivity contribution >= 4 is 5.97 Å². The Bertz CT molecular complexity index is 213. The van der Waals surface area contributed by atoms with Gasteiger partial charge < -0.3 is 10.1 Å². The standard InChI is InChI=1S/C9H15NO2/c1-8(7(11)12-2)5-9(6-8)3-4-10-9/h10H,3-6H2,1-2H3. The van der Waals surface area contributed by atoms with Gasteiger partial charge >= 0.3 is 5.97 Å². The van der Waals surface area contributed by atoms with Crippen molar-refractivity contribution in [3.05, 3.63) is 0 Å². The van der Waals surface area contributed by atoms with Crippen molar-refractivity contribution in [2.24, 2.45) is 5.41 Å². The van der Waals surface area contributed by atoms with Gasteiger partial charge in [0.15, 0.2) is 0 Å². The molecule has 12 heavy (non-hydrogen) atoms. The van der Waals surface area contributed by atoms with Gasteiger partial charge in [-0.05, 0) is 32.7 Å². The van der Waals surface area contributed by atoms with Gasteiger partial charge in [-0.2, -0.15) is 0 Å². The second-order valence-electron chi connectivity index (χ2n) is 4.36. The van der Waals surface area contributed by atoms with Crippen molar-refractivity contribution in [3.8, 4) is 0 Å². The fourth-order valence-corrected chi connectivity index (χ4v) is 2.61. The van der Waals surface area contributed by atoms with E-state index < -0.39 is 0 Å². The molecule has 1 aliphatic carbocycles. The Morgan fingerprint density at radius 3 is 2.42 bits per heavy atom. The van der Waals surface area contributed by atoms with E-state index in [1.165, 1.54) is 13.5 Å². The van der Waals surface area contributed by atoms with E-state index in [1.807, 2.05) is 6.92 Å². The Morgan fingerprint density at radius 2 is 2.08 bits per heavy atom. The van der Waals surface area contributed by atoms with Crippen LogP contribution in [-0.4, -0.2) is 25.2 Å². The lowest BCUT2D eigenvalue weighted by atomic mass is 9.54. The zero-order valence-corrected chi connectivity index (χ0v) is 7.64. The van der Waals surface area contributed by atoms with E-state index in [0.717, 1.165) is 19.4 Å². The van der Waals surface area contributed by atoms with Gasteiger partial charge in [0.2, 0.25) is 0 Å². The summed E-state index contributed by atoms with van der Waals surface area (Å²) in [7, 11) is 1.47. The second kappa shape index (κ2) is 2.22. The molecule has 2 aliphatic rings. The van der Waals surface area contributed by atoms with E-state index >= 15 is 0 Å². The molecule has 0 amide bonds. The summed E-state index contributed by atoms with van der Waals surface area (Å²) in [4.78, 5) is 11.3. The summed E-state index contributed by atoms with van der Waals surface area (Å²) in [5.41, 5.74) is 0.102. The first-order valence-electron chi connectivity index (χ1n) is 4.44. The van der Waals surface area contributed by atoms with Crippen LogP contribution in [0, 0.1) is 5.41 Å². The zero-order chi connectivity index (χ0) is 8.82. The fraction of sp³-hybridized carbons (Fsp3) is 0.889. The van der Waals surface area contributed by atoms with Crippen LogP contribution in [0.1, 0.15) is 26.2 Å². The highest BCUT2D eigenvalue weighted by atomic mass is 16.5. The molecule has 0 aromatic heterocycles. The van der Waals surface area contributed by atoms with Gasteiger partial charge in [-0.15, -0.1) is 0 Å². The summed E-state index contributed by atoms with van der Waals surface area (Å²) in [6.45, 7) is 3.10. The number of carbonyl (C=O) groups is 1. The number of ether oxygens (including phenoxy) is 1. The molecule has 2 rings (SSSR count). The SMILES string of the molecule is COC(=O)C1(C)CC2(CCN2)C1. The number of rotatable bonds is 1. The maximum absolute atomic E-state index is 11.3. The molecule has 1 N–H and O–H groups in total. The first-order valence-corrected chi connectivity index (χ1v) is 4.44. The molecule has 0 atom stereocenters. The van der Waals surface area contributed by atoms with Crippen molar-refractivity contribution < 1.29 is 9.53 Å². The third-order valence-electron chi connectivity index (χ3n) is 3.24. The van der Waals surface area contributed by atoms with E-state index in [9.17, 15) is 4.79 Å². The van der Waals surface area contributed by atoms with Crippen LogP contribution >= 0.6 is 0 Å². The number of hydrogen-bond donors (Lipinski definition) is 1. The molecule has 1 saturated heterocycles. The average Bonchev–Trinajstić information content (AvgIpc) is 1.93. The summed E-state index contributed by atoms with van der Waals surface area (Å²) >= 11 is 0. The molecule has 2 fully saturated rings. The Morgan fingerprint density at radius 1 is 1.50 bits per heavy atom. The summed E-state index contributed by atoms with van der Waals surface area (Å²) in [5.74, 6) is -0.0539. The molecule has 3 nitrogen and oxygen atoms in total. The van der Waals surface area contributed by atoms with Crippen molar-refractivity contribution in [2.45, 2.75) is 31.7 Å². The van der Waals surface area contributed by atoms with Crippen LogP contribution in [0.15, 0.2) is 0 Å². The Labute approximate surface area is 72.5 Å². The van der Waals surface area contributed by atoms with Crippen LogP contribution in [0.3, 0.4) is 0 Å². The highest BCUT2D eigenvalue weighted by molar-refractivity contribution is 5.78. The van der Waals surface area contributed by atoms with E-state index in [-0.39, 0.29) is 11.4 Å². The molecule has 3 heteroatoms. The van der Waals surface area contributed by atoms with Crippen LogP contribution in [0.25, 0.3) is 0 Å². The highest BCUT2D eigenvalue weighted by Gasteiger charge is 2.58. The monoisotopic (exact) mass is 169 g/mol. The van der Waals surface area contributed by atoms with E-state index in [0.29, 0.717) is 5.54 Å². The normalized spacial score (nSPS) is 44.8. The Kier molecular flexibility index (Phi) is 1.49. The maximum Gasteiger partial charge on any atom is 0.311 e. The van der Waals surface area contributed by atoms with E-state index in [4.69, 9.17) is 4.74 Å². The number of esters is 1. The summed E-state index contributed by atoms with van der Waals surface area (Å²) in [5, 5.41) is 3.38. The molecule has 1 saturated carbocycles. The number of carbonyl (C=O) groups excluding carboxylic acids is 1. The molecule has 1 heterocycles. The summed E-state index contributed by atoms with van der Waals surface area (Å²) < 4.78 is 4.75. The highest BCUT2D eigenvalue weighted by Crippen LogP contribution is 2.53. The molecular weight excluding hydrogens is 154 g/mol. The van der Waals surface area contributed by atoms with Crippen LogP contribution in [0.5, 0.6) is 0 Å². The first-order chi connectivity index (χ1) is 5.60. The van der Waals surface area contributed by atoms with Gasteiger partial charge in [0.25, 0.3) is 0 Å². The molecule has 0 radical (unpaired) electrons. The first kappa shape index (κ1) is 8.05. The summed E-state index contributed by atoms with van der Waals surface area (Å²) in [6.07, 6.45) is 3.12. The smallest absolute Gasteiger partial charge is 0.311 e. The zero-order valence-electron chi connectivity index (χ0n) is 7.64. The minimum atomic E-state index is -0.206. The lowest BCUT2D eigenvalue weighted by molar-refractivity contribution is -0.166. The molecular formula is C9H15NO2. The van der Waals surface area contributed by atoms with Gasteiger partial charge in [0, 0.05) is 5.54 Å². The van der Waals surface area contributed by atoms with E-state index in [1.54, 1.807) is 0 Å². The van der Waals surface area contributed by atoms with Gasteiger partial charge in [-0.3, -0.25) is 4.79 Å². The van der Waals surface area contributed by atoms with Gasteiger partial charge in [-0.1, -0.05) is 0 Å². The van der Waals surface area contributed by atoms with Crippen molar-refractivity contribution in [1.29, 1.82) is 0 Å². The number of nitrogens with one attached hydrogen (secondary N) is 1. The van der Waals surface area contributed by atoms with Crippen LogP contribution in [0.2, 0.25) is 0 Å². The number of hydrogen-bond acceptors (Lipinski definition) is 3. The predicted octanol–water partition coefficient (Wildman–Crippen LogP) is 0.692. The van der Waals surface area contributed by atoms with Crippen molar-refractivity contribution in [2.75, 3.05) is 13.7 Å². The average molecular weight is 169 g/mol. The molecule has 1 aliphatic heterocycles. The summed E-state index contributed by atoms with van der Waals surface area (Å²) in [6, 6.07) is 0. The van der Waals surface area contributed by atoms with Gasteiger partial charge in [-0.25, -0.2) is 0 Å². The van der Waals surface area contributed by atoms with Crippen molar-refractivity contribution in [3.63, 3.8) is 0 Å². The Hall–Kier alpha value is -0.570. The largest absolute Gasteiger partial charge is 0.469 e. The molecule has 0 bridgehead atoms. The van der Waals surface area contributed by atoms with Gasteiger partial charge in [0.05, 0.1) is 12.5 Å². The fourth-order valence-electron chi connectivity index (χ4n) is 2.61. The lowest BCUT2D eigenvalue weighted by Gasteiger charge is -2.58. The van der Waals surface area contributed by atoms with Crippen molar-refractivity contribution in [1.82, 2.24) is 5.32 Å². The topological polar surface area (TPSA) is 38.3 Å². The second-order valence-corrected chi connectivity index (χ2v) is 4.36. The quantitative estimate of drug-likeness (QED) is 0.587. The predicted molar refractivity (Wildman–Crippen MR) is 44.7 cm³/mol. The third kappa shape index (κ3) is 0.891. The molecule has 68 valence electrons. The third-order valence-corrected chi connectivity index (χ3v) is 3.24. The lowest BCUT2D eigenvalue weighted by Crippen LogP contribution is -2.69. The van der Waals surface area contributed by atoms with Crippen LogP contribution in [-0.2, 0) is 9.53 Å². The minimum Gasteiger partial charge on any atom is -0.469 e. The Balaban J connectivity index is 1.96. The van der Waals surface area contributed by atoms with Gasteiger partial charge in [0.1, 0.15) is 0 Å². The molecule has 0 aromatic carbocycles. The van der Waals surface area contributed by atoms with Crippen LogP contribution < -0.4 is 5.32 Å². The number of methoxy groups -OCH3 is 1. The van der Waals surface area contributed by atoms with E-state index in [2.05, 4.69) is 5.32 Å². The maximum atomic E-state index is 11.3. The molecule has 0 unspecified atom stereocenters. The molecule has 1 spiro atoms. The minimum absolute atomic E-state index is 0.0539. The molecule has 0 aromatic rings. The van der Waals surface area contributed by atoms with Crippen LogP contribution in [0.4, 0.5) is 0 Å².